The Labute approximate surface area is 129 Å². The molecule has 1 saturated heterocycles. The number of nitrogens with one attached hydrogen (secondary N) is 2. The van der Waals surface area contributed by atoms with Crippen molar-refractivity contribution in [2.24, 2.45) is 0 Å². The van der Waals surface area contributed by atoms with Crippen molar-refractivity contribution in [1.82, 2.24) is 15.2 Å². The monoisotopic (exact) mass is 322 g/mol. The van der Waals surface area contributed by atoms with E-state index in [1.165, 1.54) is 24.3 Å². The molecular weight excluding hydrogens is 304 g/mol. The third kappa shape index (κ3) is 4.04. The standard InChI is InChI=1S/C14H18N4O3S/c15-8-3-10-17-22(20,21)13-6-4-12(5-7-13)14(19)18-11-2-1-9-16-18/h4-7,16-17H,1-3,9-11H2. The first kappa shape index (κ1) is 16.4. The van der Waals surface area contributed by atoms with Gasteiger partial charge in [-0.15, -0.1) is 0 Å². The van der Waals surface area contributed by atoms with Crippen molar-refractivity contribution in [3.63, 3.8) is 0 Å². The number of hydrogen-bond acceptors (Lipinski definition) is 5. The van der Waals surface area contributed by atoms with E-state index in [9.17, 15) is 13.2 Å². The lowest BCUT2D eigenvalue weighted by Crippen LogP contribution is -2.46. The summed E-state index contributed by atoms with van der Waals surface area (Å²) < 4.78 is 26.3. The van der Waals surface area contributed by atoms with Crippen molar-refractivity contribution >= 4 is 15.9 Å². The Kier molecular flexibility index (Phi) is 5.49. The minimum absolute atomic E-state index is 0.0667. The van der Waals surface area contributed by atoms with Gasteiger partial charge in [-0.25, -0.2) is 18.6 Å². The minimum Gasteiger partial charge on any atom is -0.274 e. The molecule has 2 rings (SSSR count). The van der Waals surface area contributed by atoms with Crippen LogP contribution in [-0.2, 0) is 10.0 Å². The van der Waals surface area contributed by atoms with E-state index in [0.29, 0.717) is 12.1 Å². The van der Waals surface area contributed by atoms with E-state index >= 15 is 0 Å². The molecule has 7 nitrogen and oxygen atoms in total. The number of carbonyl (C=O) groups excluding carboxylic acids is 1. The number of benzene rings is 1. The van der Waals surface area contributed by atoms with Crippen LogP contribution in [0.3, 0.4) is 0 Å². The van der Waals surface area contributed by atoms with Crippen molar-refractivity contribution in [1.29, 1.82) is 5.26 Å². The summed E-state index contributed by atoms with van der Waals surface area (Å²) in [5.74, 6) is -0.166. The van der Waals surface area contributed by atoms with Gasteiger partial charge < -0.3 is 0 Å². The lowest BCUT2D eigenvalue weighted by molar-refractivity contribution is 0.0610. The van der Waals surface area contributed by atoms with Crippen LogP contribution in [0.4, 0.5) is 0 Å². The van der Waals surface area contributed by atoms with Crippen LogP contribution in [0, 0.1) is 11.3 Å². The molecule has 1 aromatic rings. The second-order valence-corrected chi connectivity index (χ2v) is 6.67. The molecule has 0 unspecified atom stereocenters. The van der Waals surface area contributed by atoms with Gasteiger partial charge in [0, 0.05) is 31.6 Å². The van der Waals surface area contributed by atoms with E-state index < -0.39 is 10.0 Å². The summed E-state index contributed by atoms with van der Waals surface area (Å²) in [5, 5.41) is 9.98. The van der Waals surface area contributed by atoms with E-state index in [0.717, 1.165) is 19.4 Å². The Bertz CT molecular complexity index is 658. The molecule has 2 N–H and O–H groups in total. The van der Waals surface area contributed by atoms with Gasteiger partial charge in [-0.3, -0.25) is 9.80 Å². The SMILES string of the molecule is N#CCCNS(=O)(=O)c1ccc(C(=O)N2CCCCN2)cc1. The maximum Gasteiger partial charge on any atom is 0.267 e. The number of amides is 1. The first-order valence-electron chi connectivity index (χ1n) is 7.06. The summed E-state index contributed by atoms with van der Waals surface area (Å²) >= 11 is 0. The molecule has 8 heteroatoms. The summed E-state index contributed by atoms with van der Waals surface area (Å²) in [7, 11) is -3.64. The molecule has 0 aliphatic carbocycles. The van der Waals surface area contributed by atoms with Crippen LogP contribution in [0.15, 0.2) is 29.2 Å². The summed E-state index contributed by atoms with van der Waals surface area (Å²) in [4.78, 5) is 12.3. The highest BCUT2D eigenvalue weighted by Crippen LogP contribution is 2.13. The second kappa shape index (κ2) is 7.35. The largest absolute Gasteiger partial charge is 0.274 e. The molecule has 1 aliphatic heterocycles. The molecule has 0 saturated carbocycles. The van der Waals surface area contributed by atoms with Gasteiger partial charge in [0.05, 0.1) is 11.0 Å². The fourth-order valence-corrected chi connectivity index (χ4v) is 3.15. The zero-order valence-electron chi connectivity index (χ0n) is 12.1. The van der Waals surface area contributed by atoms with E-state index in [-0.39, 0.29) is 23.8 Å². The van der Waals surface area contributed by atoms with Crippen LogP contribution in [0.5, 0.6) is 0 Å². The van der Waals surface area contributed by atoms with Crippen LogP contribution >= 0.6 is 0 Å². The Morgan fingerprint density at radius 1 is 1.32 bits per heavy atom. The van der Waals surface area contributed by atoms with Gasteiger partial charge in [0.2, 0.25) is 10.0 Å². The third-order valence-electron chi connectivity index (χ3n) is 3.30. The summed E-state index contributed by atoms with van der Waals surface area (Å²) in [6, 6.07) is 7.65. The maximum absolute atomic E-state index is 12.2. The fraction of sp³-hybridized carbons (Fsp3) is 0.429. The van der Waals surface area contributed by atoms with Crippen molar-refractivity contribution in [2.75, 3.05) is 19.6 Å². The van der Waals surface area contributed by atoms with Crippen LogP contribution in [0.25, 0.3) is 0 Å². The lowest BCUT2D eigenvalue weighted by atomic mass is 10.2. The van der Waals surface area contributed by atoms with Gasteiger partial charge in [0.1, 0.15) is 0 Å². The molecule has 118 valence electrons. The first-order chi connectivity index (χ1) is 10.5. The number of hydrazine groups is 1. The number of rotatable bonds is 5. The second-order valence-electron chi connectivity index (χ2n) is 4.90. The first-order valence-corrected chi connectivity index (χ1v) is 8.55. The van der Waals surface area contributed by atoms with Crippen LogP contribution < -0.4 is 10.1 Å². The molecule has 0 spiro atoms. The number of carbonyl (C=O) groups is 1. The van der Waals surface area contributed by atoms with Gasteiger partial charge in [-0.1, -0.05) is 0 Å². The molecule has 1 aromatic carbocycles. The molecule has 1 heterocycles. The Balaban J connectivity index is 2.06. The molecule has 1 fully saturated rings. The van der Waals surface area contributed by atoms with E-state index in [2.05, 4.69) is 10.1 Å². The molecule has 1 aliphatic rings. The summed E-state index contributed by atoms with van der Waals surface area (Å²) in [5.41, 5.74) is 3.45. The fourth-order valence-electron chi connectivity index (χ4n) is 2.12. The molecule has 0 bridgehead atoms. The number of hydrogen-bond donors (Lipinski definition) is 2. The van der Waals surface area contributed by atoms with Gasteiger partial charge in [-0.2, -0.15) is 5.26 Å². The van der Waals surface area contributed by atoms with Crippen LogP contribution in [0.2, 0.25) is 0 Å². The summed E-state index contributed by atoms with van der Waals surface area (Å²) in [6.45, 7) is 1.48. The molecule has 0 radical (unpaired) electrons. The average molecular weight is 322 g/mol. The zero-order chi connectivity index (χ0) is 16.0. The van der Waals surface area contributed by atoms with E-state index in [1.807, 2.05) is 6.07 Å². The van der Waals surface area contributed by atoms with Crippen LogP contribution in [-0.4, -0.2) is 39.0 Å². The van der Waals surface area contributed by atoms with Crippen molar-refractivity contribution < 1.29 is 13.2 Å². The van der Waals surface area contributed by atoms with Gasteiger partial charge in [0.25, 0.3) is 5.91 Å². The molecular formula is C14H18N4O3S. The molecule has 0 aromatic heterocycles. The highest BCUT2D eigenvalue weighted by molar-refractivity contribution is 7.89. The lowest BCUT2D eigenvalue weighted by Gasteiger charge is -2.27. The predicted octanol–water partition coefficient (Wildman–Crippen LogP) is 0.619. The van der Waals surface area contributed by atoms with E-state index in [1.54, 1.807) is 5.01 Å². The van der Waals surface area contributed by atoms with E-state index in [4.69, 9.17) is 5.26 Å². The predicted molar refractivity (Wildman–Crippen MR) is 80.1 cm³/mol. The Morgan fingerprint density at radius 2 is 2.05 bits per heavy atom. The zero-order valence-corrected chi connectivity index (χ0v) is 12.9. The Hall–Kier alpha value is -1.95. The normalized spacial score (nSPS) is 15.3. The molecule has 1 amide bonds. The van der Waals surface area contributed by atoms with Crippen molar-refractivity contribution in [3.8, 4) is 6.07 Å². The van der Waals surface area contributed by atoms with Gasteiger partial charge in [-0.05, 0) is 37.1 Å². The quantitative estimate of drug-likeness (QED) is 0.774. The minimum atomic E-state index is -3.64. The number of nitriles is 1. The third-order valence-corrected chi connectivity index (χ3v) is 4.77. The smallest absolute Gasteiger partial charge is 0.267 e. The highest BCUT2D eigenvalue weighted by Gasteiger charge is 2.19. The van der Waals surface area contributed by atoms with Crippen molar-refractivity contribution in [3.05, 3.63) is 29.8 Å². The Morgan fingerprint density at radius 3 is 2.64 bits per heavy atom. The maximum atomic E-state index is 12.2. The number of sulfonamides is 1. The van der Waals surface area contributed by atoms with Crippen molar-refractivity contribution in [2.45, 2.75) is 24.2 Å². The van der Waals surface area contributed by atoms with Crippen LogP contribution in [0.1, 0.15) is 29.6 Å². The van der Waals surface area contributed by atoms with Gasteiger partial charge in [0.15, 0.2) is 0 Å². The average Bonchev–Trinajstić information content (AvgIpc) is 2.55. The molecule has 22 heavy (non-hydrogen) atoms. The van der Waals surface area contributed by atoms with Gasteiger partial charge >= 0.3 is 0 Å². The highest BCUT2D eigenvalue weighted by atomic mass is 32.2. The topological polar surface area (TPSA) is 102 Å². The summed E-state index contributed by atoms with van der Waals surface area (Å²) in [6.07, 6.45) is 2.10. The number of nitrogens with zero attached hydrogens (tertiary/aromatic N) is 2. The molecule has 0 atom stereocenters.